The van der Waals surface area contributed by atoms with Crippen LogP contribution < -0.4 is 9.80 Å². The monoisotopic (exact) mass is 574 g/mol. The molecule has 12 heteroatoms. The average molecular weight is 575 g/mol. The number of piperazine rings is 1. The molecule has 4 aromatic rings. The molecule has 0 aliphatic carbocycles. The lowest BCUT2D eigenvalue weighted by atomic mass is 10.1. The van der Waals surface area contributed by atoms with Crippen LogP contribution in [0.2, 0.25) is 0 Å². The predicted molar refractivity (Wildman–Crippen MR) is 154 cm³/mol. The van der Waals surface area contributed by atoms with Crippen molar-refractivity contribution >= 4 is 17.5 Å². The zero-order chi connectivity index (χ0) is 29.1. The SMILES string of the molecule is CN(CC1CCOC1)c1cc(N2CCN(C(=O)Cn3nc(-c4ccc(F)cc4)nc3-c3ccc(F)cc3)CC2)ncn1. The topological polar surface area (TPSA) is 92.5 Å². The van der Waals surface area contributed by atoms with Gasteiger partial charge in [-0.3, -0.25) is 4.79 Å². The third-order valence-electron chi connectivity index (χ3n) is 7.70. The maximum atomic E-state index is 13.6. The number of benzene rings is 2. The maximum Gasteiger partial charge on any atom is 0.244 e. The molecule has 0 N–H and O–H groups in total. The van der Waals surface area contributed by atoms with Gasteiger partial charge in [-0.25, -0.2) is 28.4 Å². The quantitative estimate of drug-likeness (QED) is 0.316. The summed E-state index contributed by atoms with van der Waals surface area (Å²) in [5.41, 5.74) is 1.24. The van der Waals surface area contributed by atoms with Crippen molar-refractivity contribution in [3.63, 3.8) is 0 Å². The van der Waals surface area contributed by atoms with Crippen LogP contribution in [0.3, 0.4) is 0 Å². The molecule has 0 saturated carbocycles. The van der Waals surface area contributed by atoms with Gasteiger partial charge in [-0.1, -0.05) is 0 Å². The lowest BCUT2D eigenvalue weighted by molar-refractivity contribution is -0.132. The molecule has 1 unspecified atom stereocenters. The van der Waals surface area contributed by atoms with Crippen molar-refractivity contribution in [2.75, 3.05) is 62.8 Å². The van der Waals surface area contributed by atoms with Gasteiger partial charge in [0.25, 0.3) is 0 Å². The van der Waals surface area contributed by atoms with Gasteiger partial charge in [-0.2, -0.15) is 0 Å². The number of carbonyl (C=O) groups excluding carboxylic acids is 1. The van der Waals surface area contributed by atoms with E-state index in [0.29, 0.717) is 54.9 Å². The highest BCUT2D eigenvalue weighted by atomic mass is 19.1. The third kappa shape index (κ3) is 6.23. The Labute approximate surface area is 242 Å². The van der Waals surface area contributed by atoms with Crippen LogP contribution in [0.15, 0.2) is 60.9 Å². The normalized spacial score (nSPS) is 17.1. The summed E-state index contributed by atoms with van der Waals surface area (Å²) in [6, 6.07) is 13.7. The summed E-state index contributed by atoms with van der Waals surface area (Å²) in [7, 11) is 2.03. The zero-order valence-electron chi connectivity index (χ0n) is 23.4. The zero-order valence-corrected chi connectivity index (χ0v) is 23.4. The van der Waals surface area contributed by atoms with Crippen LogP contribution in [-0.4, -0.2) is 88.5 Å². The predicted octanol–water partition coefficient (Wildman–Crippen LogP) is 3.50. The second-order valence-electron chi connectivity index (χ2n) is 10.6. The summed E-state index contributed by atoms with van der Waals surface area (Å²) in [6.45, 7) is 4.76. The van der Waals surface area contributed by atoms with E-state index in [1.165, 1.54) is 28.9 Å². The first-order valence-corrected chi connectivity index (χ1v) is 14.0. The molecule has 0 radical (unpaired) electrons. The first kappa shape index (κ1) is 27.7. The standard InChI is InChI=1S/C30H32F2N8O2/c1-37(17-21-10-15-42-19-21)26-16-27(34-20-33-26)38-11-13-39(14-12-38)28(41)18-40-30(23-4-8-25(32)9-5-23)35-29(36-40)22-2-6-24(31)7-3-22/h2-9,16,20-21H,10-15,17-19H2,1H3. The Balaban J connectivity index is 1.13. The first-order chi connectivity index (χ1) is 20.4. The van der Waals surface area contributed by atoms with Crippen molar-refractivity contribution in [3.05, 3.63) is 72.6 Å². The fourth-order valence-electron chi connectivity index (χ4n) is 5.33. The number of nitrogens with zero attached hydrogens (tertiary/aromatic N) is 8. The summed E-state index contributed by atoms with van der Waals surface area (Å²) >= 11 is 0. The molecule has 2 aliphatic rings. The van der Waals surface area contributed by atoms with E-state index < -0.39 is 0 Å². The van der Waals surface area contributed by atoms with Gasteiger partial charge in [0.15, 0.2) is 11.6 Å². The molecule has 2 fully saturated rings. The Morgan fingerprint density at radius 2 is 1.67 bits per heavy atom. The number of amides is 1. The van der Waals surface area contributed by atoms with Crippen molar-refractivity contribution in [1.82, 2.24) is 29.6 Å². The fraction of sp³-hybridized carbons (Fsp3) is 0.367. The number of hydrogen-bond acceptors (Lipinski definition) is 8. The van der Waals surface area contributed by atoms with E-state index >= 15 is 0 Å². The van der Waals surface area contributed by atoms with Gasteiger partial charge in [0.1, 0.15) is 36.1 Å². The van der Waals surface area contributed by atoms with Crippen LogP contribution in [-0.2, 0) is 16.1 Å². The van der Waals surface area contributed by atoms with Gasteiger partial charge in [0.2, 0.25) is 5.91 Å². The van der Waals surface area contributed by atoms with Crippen molar-refractivity contribution in [2.24, 2.45) is 5.92 Å². The fourth-order valence-corrected chi connectivity index (χ4v) is 5.33. The number of ether oxygens (including phenoxy) is 1. The highest BCUT2D eigenvalue weighted by Crippen LogP contribution is 2.24. The number of aromatic nitrogens is 5. The van der Waals surface area contributed by atoms with Gasteiger partial charge in [-0.15, -0.1) is 5.10 Å². The Hall–Kier alpha value is -4.45. The molecule has 42 heavy (non-hydrogen) atoms. The molecule has 218 valence electrons. The van der Waals surface area contributed by atoms with Gasteiger partial charge in [0.05, 0.1) is 6.61 Å². The van der Waals surface area contributed by atoms with Gasteiger partial charge in [-0.05, 0) is 55.0 Å². The van der Waals surface area contributed by atoms with Crippen LogP contribution in [0.1, 0.15) is 6.42 Å². The van der Waals surface area contributed by atoms with Crippen molar-refractivity contribution in [3.8, 4) is 22.8 Å². The van der Waals surface area contributed by atoms with Crippen molar-refractivity contribution < 1.29 is 18.3 Å². The number of halogens is 2. The van der Waals surface area contributed by atoms with E-state index in [1.807, 2.05) is 13.1 Å². The highest BCUT2D eigenvalue weighted by Gasteiger charge is 2.25. The van der Waals surface area contributed by atoms with Gasteiger partial charge >= 0.3 is 0 Å². The average Bonchev–Trinajstić information content (AvgIpc) is 3.68. The molecule has 1 amide bonds. The molecule has 0 bridgehead atoms. The number of carbonyl (C=O) groups is 1. The smallest absolute Gasteiger partial charge is 0.244 e. The minimum absolute atomic E-state index is 0.0335. The summed E-state index contributed by atoms with van der Waals surface area (Å²) in [5, 5.41) is 4.57. The minimum atomic E-state index is -0.372. The summed E-state index contributed by atoms with van der Waals surface area (Å²) in [4.78, 5) is 33.1. The molecule has 4 heterocycles. The Morgan fingerprint density at radius 3 is 2.33 bits per heavy atom. The number of anilines is 2. The molecule has 10 nitrogen and oxygen atoms in total. The van der Waals surface area contributed by atoms with E-state index in [-0.39, 0.29) is 24.1 Å². The molecule has 0 spiro atoms. The van der Waals surface area contributed by atoms with Gasteiger partial charge in [0, 0.05) is 69.5 Å². The van der Waals surface area contributed by atoms with E-state index in [4.69, 9.17) is 4.74 Å². The van der Waals surface area contributed by atoms with Crippen LogP contribution >= 0.6 is 0 Å². The second-order valence-corrected chi connectivity index (χ2v) is 10.6. The molecule has 6 rings (SSSR count). The summed E-state index contributed by atoms with van der Waals surface area (Å²) < 4.78 is 34.1. The van der Waals surface area contributed by atoms with Crippen LogP contribution in [0.5, 0.6) is 0 Å². The van der Waals surface area contributed by atoms with Crippen molar-refractivity contribution in [1.29, 1.82) is 0 Å². The summed E-state index contributed by atoms with van der Waals surface area (Å²) in [5.74, 6) is 2.15. The Morgan fingerprint density at radius 1 is 0.976 bits per heavy atom. The molecule has 2 aromatic carbocycles. The lowest BCUT2D eigenvalue weighted by Crippen LogP contribution is -2.50. The third-order valence-corrected chi connectivity index (χ3v) is 7.70. The molecule has 2 aliphatic heterocycles. The van der Waals surface area contributed by atoms with Crippen molar-refractivity contribution in [2.45, 2.75) is 13.0 Å². The lowest BCUT2D eigenvalue weighted by Gasteiger charge is -2.35. The molecule has 1 atom stereocenters. The number of hydrogen-bond donors (Lipinski definition) is 0. The minimum Gasteiger partial charge on any atom is -0.381 e. The van der Waals surface area contributed by atoms with Crippen LogP contribution in [0.25, 0.3) is 22.8 Å². The van der Waals surface area contributed by atoms with E-state index in [9.17, 15) is 13.6 Å². The molecule has 2 aromatic heterocycles. The summed E-state index contributed by atoms with van der Waals surface area (Å²) in [6.07, 6.45) is 2.65. The molecular weight excluding hydrogens is 542 g/mol. The Bertz CT molecular complexity index is 1520. The Kier molecular flexibility index (Phi) is 8.04. The maximum absolute atomic E-state index is 13.6. The molecular formula is C30H32F2N8O2. The molecule has 2 saturated heterocycles. The van der Waals surface area contributed by atoms with Crippen LogP contribution in [0, 0.1) is 17.6 Å². The highest BCUT2D eigenvalue weighted by molar-refractivity contribution is 5.77. The first-order valence-electron chi connectivity index (χ1n) is 14.0. The number of rotatable bonds is 8. The second kappa shape index (κ2) is 12.2. The van der Waals surface area contributed by atoms with E-state index in [0.717, 1.165) is 37.8 Å². The van der Waals surface area contributed by atoms with Gasteiger partial charge < -0.3 is 19.4 Å². The van der Waals surface area contributed by atoms with E-state index in [1.54, 1.807) is 35.5 Å². The largest absolute Gasteiger partial charge is 0.381 e. The van der Waals surface area contributed by atoms with E-state index in [2.05, 4.69) is 29.9 Å². The van der Waals surface area contributed by atoms with Crippen LogP contribution in [0.4, 0.5) is 20.4 Å².